The van der Waals surface area contributed by atoms with Gasteiger partial charge in [-0.2, -0.15) is 0 Å². The van der Waals surface area contributed by atoms with Gasteiger partial charge in [0, 0.05) is 24.0 Å². The van der Waals surface area contributed by atoms with Crippen molar-refractivity contribution >= 4 is 0 Å². The summed E-state index contributed by atoms with van der Waals surface area (Å²) >= 11 is 0. The zero-order valence-electron chi connectivity index (χ0n) is 14.2. The number of nitrogens with zero attached hydrogens (tertiary/aromatic N) is 1. The van der Waals surface area contributed by atoms with Crippen LogP contribution in [-0.4, -0.2) is 56.7 Å². The van der Waals surface area contributed by atoms with Crippen LogP contribution in [0.1, 0.15) is 24.3 Å². The van der Waals surface area contributed by atoms with Crippen molar-refractivity contribution in [3.8, 4) is 17.2 Å². The molecule has 8 nitrogen and oxygen atoms in total. The van der Waals surface area contributed by atoms with Gasteiger partial charge in [-0.3, -0.25) is 10.1 Å². The lowest BCUT2D eigenvalue weighted by atomic mass is 9.77. The first kappa shape index (κ1) is 18.3. The van der Waals surface area contributed by atoms with Gasteiger partial charge in [-0.05, 0) is 12.5 Å². The quantitative estimate of drug-likeness (QED) is 0.620. The lowest BCUT2D eigenvalue weighted by molar-refractivity contribution is -0.533. The average Bonchev–Trinajstić information content (AvgIpc) is 2.59. The Morgan fingerprint density at radius 3 is 2.25 bits per heavy atom. The number of methoxy groups -OCH3 is 4. The smallest absolute Gasteiger partial charge is 0.222 e. The summed E-state index contributed by atoms with van der Waals surface area (Å²) in [6, 6.07) is 2.50. The van der Waals surface area contributed by atoms with E-state index in [2.05, 4.69) is 0 Å². The van der Waals surface area contributed by atoms with Crippen LogP contribution in [0.2, 0.25) is 0 Å². The summed E-state index contributed by atoms with van der Waals surface area (Å²) < 4.78 is 21.4. The second-order valence-electron chi connectivity index (χ2n) is 5.70. The van der Waals surface area contributed by atoms with Gasteiger partial charge in [0.1, 0.15) is 0 Å². The molecule has 134 valence electrons. The van der Waals surface area contributed by atoms with Crippen molar-refractivity contribution in [1.82, 2.24) is 0 Å². The molecule has 0 amide bonds. The molecule has 24 heavy (non-hydrogen) atoms. The number of hydrogen-bond acceptors (Lipinski definition) is 7. The minimum atomic E-state index is -0.932. The molecule has 0 aromatic heterocycles. The number of ether oxygens (including phenoxy) is 4. The maximum Gasteiger partial charge on any atom is 0.222 e. The van der Waals surface area contributed by atoms with E-state index in [0.29, 0.717) is 29.2 Å². The molecule has 1 aromatic carbocycles. The Bertz CT molecular complexity index is 592. The summed E-state index contributed by atoms with van der Waals surface area (Å²) in [5.41, 5.74) is 0.644. The summed E-state index contributed by atoms with van der Waals surface area (Å²) in [5, 5.41) is 21.6. The predicted molar refractivity (Wildman–Crippen MR) is 85.7 cm³/mol. The van der Waals surface area contributed by atoms with Crippen molar-refractivity contribution in [2.45, 2.75) is 37.0 Å². The fourth-order valence-electron chi connectivity index (χ4n) is 3.36. The molecule has 0 saturated heterocycles. The molecule has 0 spiro atoms. The van der Waals surface area contributed by atoms with Crippen LogP contribution in [-0.2, 0) is 4.74 Å². The molecule has 4 atom stereocenters. The van der Waals surface area contributed by atoms with Crippen molar-refractivity contribution in [1.29, 1.82) is 0 Å². The molecular formula is C16H23NO7. The molecule has 1 aliphatic rings. The van der Waals surface area contributed by atoms with Crippen molar-refractivity contribution in [2.24, 2.45) is 0 Å². The summed E-state index contributed by atoms with van der Waals surface area (Å²) in [5.74, 6) is 0.803. The van der Waals surface area contributed by atoms with Crippen molar-refractivity contribution in [3.63, 3.8) is 0 Å². The summed E-state index contributed by atoms with van der Waals surface area (Å²) in [7, 11) is 5.96. The monoisotopic (exact) mass is 341 g/mol. The summed E-state index contributed by atoms with van der Waals surface area (Å²) in [4.78, 5) is 11.2. The highest BCUT2D eigenvalue weighted by molar-refractivity contribution is 5.57. The Morgan fingerprint density at radius 1 is 1.08 bits per heavy atom. The number of hydrogen-bond donors (Lipinski definition) is 1. The molecule has 1 fully saturated rings. The Kier molecular flexibility index (Phi) is 5.84. The van der Waals surface area contributed by atoms with Gasteiger partial charge in [-0.25, -0.2) is 0 Å². The van der Waals surface area contributed by atoms with Crippen molar-refractivity contribution in [3.05, 3.63) is 27.8 Å². The summed E-state index contributed by atoms with van der Waals surface area (Å²) in [6.07, 6.45) is -1.00. The van der Waals surface area contributed by atoms with Crippen LogP contribution in [0.5, 0.6) is 17.2 Å². The molecule has 1 aliphatic carbocycles. The highest BCUT2D eigenvalue weighted by Gasteiger charge is 2.45. The topological polar surface area (TPSA) is 100 Å². The largest absolute Gasteiger partial charge is 0.493 e. The minimum Gasteiger partial charge on any atom is -0.493 e. The van der Waals surface area contributed by atoms with E-state index in [1.807, 2.05) is 0 Å². The van der Waals surface area contributed by atoms with Gasteiger partial charge < -0.3 is 24.1 Å². The molecule has 0 aliphatic heterocycles. The maximum absolute atomic E-state index is 11.5. The van der Waals surface area contributed by atoms with Gasteiger partial charge in [0.2, 0.25) is 11.8 Å². The zero-order chi connectivity index (χ0) is 17.9. The molecule has 0 bridgehead atoms. The van der Waals surface area contributed by atoms with Crippen LogP contribution in [0.4, 0.5) is 0 Å². The summed E-state index contributed by atoms with van der Waals surface area (Å²) in [6.45, 7) is 0. The van der Waals surface area contributed by atoms with Gasteiger partial charge >= 0.3 is 0 Å². The van der Waals surface area contributed by atoms with Gasteiger partial charge in [0.15, 0.2) is 11.5 Å². The van der Waals surface area contributed by atoms with E-state index in [1.54, 1.807) is 12.1 Å². The van der Waals surface area contributed by atoms with Crippen LogP contribution < -0.4 is 14.2 Å². The van der Waals surface area contributed by atoms with Gasteiger partial charge in [0.05, 0.1) is 39.5 Å². The van der Waals surface area contributed by atoms with Crippen LogP contribution in [0, 0.1) is 10.1 Å². The van der Waals surface area contributed by atoms with E-state index in [9.17, 15) is 15.2 Å². The molecule has 1 N–H and O–H groups in total. The molecule has 2 rings (SSSR count). The number of rotatable bonds is 6. The molecular weight excluding hydrogens is 318 g/mol. The molecule has 8 heteroatoms. The van der Waals surface area contributed by atoms with E-state index in [1.165, 1.54) is 28.4 Å². The van der Waals surface area contributed by atoms with E-state index in [-0.39, 0.29) is 11.3 Å². The number of aliphatic hydroxyl groups excluding tert-OH is 1. The Balaban J connectivity index is 2.52. The van der Waals surface area contributed by atoms with E-state index in [0.717, 1.165) is 0 Å². The van der Waals surface area contributed by atoms with Crippen LogP contribution in [0.3, 0.4) is 0 Å². The molecule has 0 unspecified atom stereocenters. The second-order valence-corrected chi connectivity index (χ2v) is 5.70. The first-order valence-corrected chi connectivity index (χ1v) is 7.61. The molecule has 1 aromatic rings. The first-order valence-electron chi connectivity index (χ1n) is 7.61. The van der Waals surface area contributed by atoms with Crippen LogP contribution >= 0.6 is 0 Å². The zero-order valence-corrected chi connectivity index (χ0v) is 14.2. The van der Waals surface area contributed by atoms with Gasteiger partial charge in [-0.1, -0.05) is 6.07 Å². The van der Waals surface area contributed by atoms with E-state index < -0.39 is 24.2 Å². The number of nitro groups is 1. The predicted octanol–water partition coefficient (Wildman–Crippen LogP) is 1.61. The van der Waals surface area contributed by atoms with E-state index >= 15 is 0 Å². The maximum atomic E-state index is 11.5. The lowest BCUT2D eigenvalue weighted by Gasteiger charge is -2.35. The Hall–Kier alpha value is -2.06. The Labute approximate surface area is 140 Å². The third-order valence-electron chi connectivity index (χ3n) is 4.57. The number of benzene rings is 1. The lowest BCUT2D eigenvalue weighted by Crippen LogP contribution is -2.45. The van der Waals surface area contributed by atoms with Gasteiger partial charge in [0.25, 0.3) is 0 Å². The molecule has 0 radical (unpaired) electrons. The minimum absolute atomic E-state index is 0.0215. The first-order chi connectivity index (χ1) is 11.5. The second kappa shape index (κ2) is 7.67. The van der Waals surface area contributed by atoms with Crippen molar-refractivity contribution in [2.75, 3.05) is 28.4 Å². The third-order valence-corrected chi connectivity index (χ3v) is 4.57. The highest BCUT2D eigenvalue weighted by atomic mass is 16.6. The fourth-order valence-corrected chi connectivity index (χ4v) is 3.36. The third kappa shape index (κ3) is 3.25. The molecule has 1 saturated carbocycles. The van der Waals surface area contributed by atoms with E-state index in [4.69, 9.17) is 18.9 Å². The highest BCUT2D eigenvalue weighted by Crippen LogP contribution is 2.47. The average molecular weight is 341 g/mol. The standard InChI is InChI=1S/C16H23NO7/c1-21-13-6-5-9(15(23-3)16(13)24-4)10-7-14(22-2)12(18)8-11(10)17(19)20/h5-6,10-12,14,18H,7-8H2,1-4H3/t10-,11+,12+,14+/m1/s1. The van der Waals surface area contributed by atoms with Crippen LogP contribution in [0.25, 0.3) is 0 Å². The van der Waals surface area contributed by atoms with Gasteiger partial charge in [-0.15, -0.1) is 0 Å². The molecule has 0 heterocycles. The Morgan fingerprint density at radius 2 is 1.75 bits per heavy atom. The van der Waals surface area contributed by atoms with Crippen molar-refractivity contribution < 1.29 is 29.0 Å². The fraction of sp³-hybridized carbons (Fsp3) is 0.625. The van der Waals surface area contributed by atoms with Crippen LogP contribution in [0.15, 0.2) is 12.1 Å². The SMILES string of the molecule is COc1ccc([C@H]2C[C@H](OC)[C@@H](O)C[C@@H]2[N+](=O)[O-])c(OC)c1OC. The normalized spacial score (nSPS) is 26.7. The number of aliphatic hydroxyl groups is 1.